The number of hydrogen-bond donors (Lipinski definition) is 1. The van der Waals surface area contributed by atoms with Crippen molar-refractivity contribution in [3.05, 3.63) is 0 Å². The van der Waals surface area contributed by atoms with Crippen molar-refractivity contribution in [1.29, 1.82) is 0 Å². The predicted octanol–water partition coefficient (Wildman–Crippen LogP) is -2.57. The Balaban J connectivity index is 0.00000169. The topological polar surface area (TPSA) is 66.2 Å². The van der Waals surface area contributed by atoms with Crippen molar-refractivity contribution in [2.45, 2.75) is 51.0 Å². The van der Waals surface area contributed by atoms with E-state index in [-0.39, 0.29) is 29.6 Å². The van der Waals surface area contributed by atoms with Gasteiger partial charge in [-0.15, -0.1) is 0 Å². The summed E-state index contributed by atoms with van der Waals surface area (Å²) < 4.78 is 0. The molecular weight excluding hydrogens is 189 g/mol. The summed E-state index contributed by atoms with van der Waals surface area (Å²) in [6, 6.07) is -0.762. The second kappa shape index (κ2) is 7.69. The van der Waals surface area contributed by atoms with Gasteiger partial charge in [-0.3, -0.25) is 0 Å². The molecule has 3 nitrogen and oxygen atoms in total. The Kier molecular flexibility index (Phi) is 7.92. The van der Waals surface area contributed by atoms with E-state index in [2.05, 4.69) is 0 Å². The van der Waals surface area contributed by atoms with Crippen LogP contribution in [0.2, 0.25) is 0 Å². The SMILES string of the molecule is N[C@H](CCC1CCCCC1)C(=O)[O-].[Na+]. The van der Waals surface area contributed by atoms with Crippen molar-refractivity contribution in [3.63, 3.8) is 0 Å². The molecule has 1 fully saturated rings. The number of carboxylic acid groups (broad SMARTS) is 1. The van der Waals surface area contributed by atoms with Crippen molar-refractivity contribution in [2.75, 3.05) is 0 Å². The number of nitrogens with two attached hydrogens (primary N) is 1. The largest absolute Gasteiger partial charge is 1.00 e. The molecule has 0 aromatic carbocycles. The van der Waals surface area contributed by atoms with Gasteiger partial charge in [-0.25, -0.2) is 0 Å². The summed E-state index contributed by atoms with van der Waals surface area (Å²) in [5.74, 6) is -0.407. The molecule has 14 heavy (non-hydrogen) atoms. The Morgan fingerprint density at radius 1 is 1.36 bits per heavy atom. The van der Waals surface area contributed by atoms with E-state index in [1.807, 2.05) is 0 Å². The van der Waals surface area contributed by atoms with Gasteiger partial charge in [0.25, 0.3) is 0 Å². The number of carbonyl (C=O) groups excluding carboxylic acids is 1. The van der Waals surface area contributed by atoms with Gasteiger partial charge < -0.3 is 15.6 Å². The monoisotopic (exact) mass is 207 g/mol. The molecule has 0 aromatic heterocycles. The first-order valence-electron chi connectivity index (χ1n) is 5.16. The molecule has 0 bridgehead atoms. The zero-order valence-electron chi connectivity index (χ0n) is 9.00. The van der Waals surface area contributed by atoms with Crippen LogP contribution in [-0.2, 0) is 4.79 Å². The van der Waals surface area contributed by atoms with Crippen molar-refractivity contribution < 1.29 is 39.5 Å². The van der Waals surface area contributed by atoms with Gasteiger partial charge in [-0.1, -0.05) is 32.1 Å². The molecule has 1 rings (SSSR count). The van der Waals surface area contributed by atoms with Gasteiger partial charge in [-0.05, 0) is 18.8 Å². The third-order valence-electron chi connectivity index (χ3n) is 2.91. The van der Waals surface area contributed by atoms with Crippen LogP contribution in [0.25, 0.3) is 0 Å². The first-order valence-corrected chi connectivity index (χ1v) is 5.16. The summed E-state index contributed by atoms with van der Waals surface area (Å²) >= 11 is 0. The molecule has 0 unspecified atom stereocenters. The fraction of sp³-hybridized carbons (Fsp3) is 0.900. The predicted molar refractivity (Wildman–Crippen MR) is 48.8 cm³/mol. The first kappa shape index (κ1) is 14.4. The molecule has 1 aliphatic rings. The van der Waals surface area contributed by atoms with Crippen LogP contribution in [0.3, 0.4) is 0 Å². The number of carbonyl (C=O) groups is 1. The molecule has 1 saturated carbocycles. The van der Waals surface area contributed by atoms with Crippen molar-refractivity contribution in [2.24, 2.45) is 11.7 Å². The van der Waals surface area contributed by atoms with Gasteiger partial charge in [0, 0.05) is 6.04 Å². The standard InChI is InChI=1S/C10H19NO2.Na/c11-9(10(12)13)7-6-8-4-2-1-3-5-8;/h8-9H,1-7,11H2,(H,12,13);/q;+1/p-1/t9-;/m1./s1. The summed E-state index contributed by atoms with van der Waals surface area (Å²) in [5.41, 5.74) is 5.37. The quantitative estimate of drug-likeness (QED) is 0.515. The van der Waals surface area contributed by atoms with E-state index in [1.165, 1.54) is 32.1 Å². The third kappa shape index (κ3) is 5.35. The van der Waals surface area contributed by atoms with Crippen LogP contribution in [0.5, 0.6) is 0 Å². The van der Waals surface area contributed by atoms with Gasteiger partial charge in [-0.2, -0.15) is 0 Å². The number of rotatable bonds is 4. The van der Waals surface area contributed by atoms with Gasteiger partial charge in [0.05, 0.1) is 5.97 Å². The third-order valence-corrected chi connectivity index (χ3v) is 2.91. The van der Waals surface area contributed by atoms with Crippen molar-refractivity contribution in [1.82, 2.24) is 0 Å². The van der Waals surface area contributed by atoms with E-state index < -0.39 is 12.0 Å². The molecule has 1 aliphatic carbocycles. The maximum absolute atomic E-state index is 10.3. The summed E-state index contributed by atoms with van der Waals surface area (Å²) in [6.07, 6.45) is 7.96. The maximum Gasteiger partial charge on any atom is 1.00 e. The van der Waals surface area contributed by atoms with Crippen LogP contribution in [0.4, 0.5) is 0 Å². The van der Waals surface area contributed by atoms with Crippen LogP contribution < -0.4 is 40.4 Å². The summed E-state index contributed by atoms with van der Waals surface area (Å²) in [6.45, 7) is 0. The van der Waals surface area contributed by atoms with Gasteiger partial charge in [0.2, 0.25) is 0 Å². The van der Waals surface area contributed by atoms with E-state index in [4.69, 9.17) is 5.73 Å². The molecule has 0 aromatic rings. The average molecular weight is 207 g/mol. The Bertz CT molecular complexity index is 170. The zero-order chi connectivity index (χ0) is 9.68. The smallest absolute Gasteiger partial charge is 0.548 e. The van der Waals surface area contributed by atoms with Crippen LogP contribution in [0, 0.1) is 5.92 Å². The molecule has 2 N–H and O–H groups in total. The van der Waals surface area contributed by atoms with Gasteiger partial charge in [0.15, 0.2) is 0 Å². The van der Waals surface area contributed by atoms with Crippen molar-refractivity contribution >= 4 is 5.97 Å². The number of carboxylic acids is 1. The molecule has 76 valence electrons. The second-order valence-corrected chi connectivity index (χ2v) is 4.01. The Hall–Kier alpha value is 0.430. The Morgan fingerprint density at radius 2 is 1.93 bits per heavy atom. The number of aliphatic carboxylic acids is 1. The van der Waals surface area contributed by atoms with Gasteiger partial charge >= 0.3 is 29.6 Å². The minimum Gasteiger partial charge on any atom is -0.548 e. The van der Waals surface area contributed by atoms with Crippen LogP contribution >= 0.6 is 0 Å². The van der Waals surface area contributed by atoms with E-state index in [0.717, 1.165) is 6.42 Å². The molecule has 0 heterocycles. The number of hydrogen-bond acceptors (Lipinski definition) is 3. The van der Waals surface area contributed by atoms with Crippen molar-refractivity contribution in [3.8, 4) is 0 Å². The molecular formula is C10H18NNaO2. The molecule has 0 saturated heterocycles. The second-order valence-electron chi connectivity index (χ2n) is 4.01. The Morgan fingerprint density at radius 3 is 2.43 bits per heavy atom. The van der Waals surface area contributed by atoms with Crippen LogP contribution in [0.15, 0.2) is 0 Å². The Labute approximate surface area is 108 Å². The zero-order valence-corrected chi connectivity index (χ0v) is 11.0. The normalized spacial score (nSPS) is 19.8. The molecule has 4 heteroatoms. The fourth-order valence-electron chi connectivity index (χ4n) is 2.01. The van der Waals surface area contributed by atoms with Crippen LogP contribution in [0.1, 0.15) is 44.9 Å². The molecule has 0 amide bonds. The average Bonchev–Trinajstić information content (AvgIpc) is 2.15. The molecule has 0 radical (unpaired) electrons. The maximum atomic E-state index is 10.3. The van der Waals surface area contributed by atoms with Gasteiger partial charge in [0.1, 0.15) is 0 Å². The van der Waals surface area contributed by atoms with E-state index >= 15 is 0 Å². The minimum absolute atomic E-state index is 0. The van der Waals surface area contributed by atoms with E-state index in [0.29, 0.717) is 12.3 Å². The summed E-state index contributed by atoms with van der Waals surface area (Å²) in [5, 5.41) is 10.3. The summed E-state index contributed by atoms with van der Waals surface area (Å²) in [7, 11) is 0. The fourth-order valence-corrected chi connectivity index (χ4v) is 2.01. The van der Waals surface area contributed by atoms with E-state index in [9.17, 15) is 9.90 Å². The molecule has 0 aliphatic heterocycles. The minimum atomic E-state index is -1.11. The molecule has 0 spiro atoms. The molecule has 1 atom stereocenters. The van der Waals surface area contributed by atoms with E-state index in [1.54, 1.807) is 0 Å². The summed E-state index contributed by atoms with van der Waals surface area (Å²) in [4.78, 5) is 10.3. The first-order chi connectivity index (χ1) is 6.20. The van der Waals surface area contributed by atoms with Crippen LogP contribution in [-0.4, -0.2) is 12.0 Å².